The van der Waals surface area contributed by atoms with Gasteiger partial charge in [0.2, 0.25) is 6.10 Å². The predicted octanol–water partition coefficient (Wildman–Crippen LogP) is 2.27. The number of carbonyl (C=O) groups is 2. The van der Waals surface area contributed by atoms with Gasteiger partial charge in [0, 0.05) is 35.7 Å². The van der Waals surface area contributed by atoms with Crippen LogP contribution in [0.5, 0.6) is 5.75 Å². The lowest BCUT2D eigenvalue weighted by atomic mass is 9.50. The van der Waals surface area contributed by atoms with Crippen LogP contribution in [0.15, 0.2) is 54.3 Å². The lowest BCUT2D eigenvalue weighted by Gasteiger charge is -2.61. The number of ether oxygens (including phenoxy) is 3. The average molecular weight is 537 g/mol. The number of carbonyl (C=O) groups excluding carboxylic acids is 2. The minimum Gasteiger partial charge on any atom is -0.481 e. The SMILES string of the molecule is C.CN1CC[C@]23c4c5ccc(CO)c4O[C@H]2C(OC(=O)[C@H](OC(=O)CCN)c2ccccc2)=CC[C@@]3(O)[C@H]1C5. The summed E-state index contributed by atoms with van der Waals surface area (Å²) in [5, 5.41) is 22.4. The molecule has 2 aliphatic carbocycles. The number of esters is 2. The van der Waals surface area contributed by atoms with E-state index in [2.05, 4.69) is 4.90 Å². The first-order valence-corrected chi connectivity index (χ1v) is 13.1. The summed E-state index contributed by atoms with van der Waals surface area (Å²) in [6.45, 7) is 0.625. The highest BCUT2D eigenvalue weighted by atomic mass is 16.6. The molecule has 0 aromatic heterocycles. The molecule has 1 saturated heterocycles. The molecule has 2 aromatic rings. The second-order valence-electron chi connectivity index (χ2n) is 10.6. The maximum atomic E-state index is 13.6. The highest BCUT2D eigenvalue weighted by Crippen LogP contribution is 2.64. The number of nitrogens with zero attached hydrogens (tertiary/aromatic N) is 1. The van der Waals surface area contributed by atoms with E-state index in [0.717, 1.165) is 17.7 Å². The second-order valence-corrected chi connectivity index (χ2v) is 10.6. The largest absolute Gasteiger partial charge is 0.481 e. The Balaban J connectivity index is 0.00000308. The van der Waals surface area contributed by atoms with Crippen LogP contribution in [-0.4, -0.2) is 64.9 Å². The van der Waals surface area contributed by atoms with E-state index in [1.165, 1.54) is 0 Å². The molecule has 208 valence electrons. The normalized spacial score (nSPS) is 28.8. The van der Waals surface area contributed by atoms with Crippen LogP contribution in [0.4, 0.5) is 0 Å². The van der Waals surface area contributed by atoms with Gasteiger partial charge in [0.1, 0.15) is 11.5 Å². The minimum atomic E-state index is -1.28. The van der Waals surface area contributed by atoms with Crippen molar-refractivity contribution in [3.05, 3.63) is 76.6 Å². The number of likely N-dealkylation sites (N-methyl/N-ethyl adjacent to an activating group) is 1. The number of hydrogen-bond donors (Lipinski definition) is 3. The monoisotopic (exact) mass is 536 g/mol. The summed E-state index contributed by atoms with van der Waals surface area (Å²) in [5.41, 5.74) is 6.64. The molecule has 2 heterocycles. The molecule has 0 amide bonds. The second kappa shape index (κ2) is 10.1. The zero-order chi connectivity index (χ0) is 26.7. The van der Waals surface area contributed by atoms with Gasteiger partial charge in [0.05, 0.1) is 24.0 Å². The van der Waals surface area contributed by atoms with Crippen molar-refractivity contribution in [1.82, 2.24) is 4.90 Å². The first kappa shape index (κ1) is 27.3. The summed E-state index contributed by atoms with van der Waals surface area (Å²) >= 11 is 0. The van der Waals surface area contributed by atoms with Crippen molar-refractivity contribution < 1.29 is 34.0 Å². The van der Waals surface area contributed by atoms with Crippen LogP contribution >= 0.6 is 0 Å². The van der Waals surface area contributed by atoms with Crippen molar-refractivity contribution >= 4 is 11.9 Å². The molecule has 2 aromatic carbocycles. The smallest absolute Gasteiger partial charge is 0.357 e. The van der Waals surface area contributed by atoms with Gasteiger partial charge in [-0.05, 0) is 38.1 Å². The molecule has 9 nitrogen and oxygen atoms in total. The lowest BCUT2D eigenvalue weighted by molar-refractivity contribution is -0.176. The average Bonchev–Trinajstić information content (AvgIpc) is 3.27. The molecule has 0 saturated carbocycles. The summed E-state index contributed by atoms with van der Waals surface area (Å²) < 4.78 is 18.0. The summed E-state index contributed by atoms with van der Waals surface area (Å²) in [6, 6.07) is 12.4. The topological polar surface area (TPSA) is 132 Å². The zero-order valence-electron chi connectivity index (χ0n) is 21.3. The number of benzene rings is 2. The van der Waals surface area contributed by atoms with E-state index >= 15 is 0 Å². The third-order valence-electron chi connectivity index (χ3n) is 8.76. The van der Waals surface area contributed by atoms with Gasteiger partial charge in [0.15, 0.2) is 6.10 Å². The van der Waals surface area contributed by atoms with Crippen LogP contribution in [-0.2, 0) is 37.5 Å². The molecule has 2 aliphatic heterocycles. The fourth-order valence-electron chi connectivity index (χ4n) is 6.99. The molecule has 2 bridgehead atoms. The van der Waals surface area contributed by atoms with Crippen molar-refractivity contribution in [1.29, 1.82) is 0 Å². The van der Waals surface area contributed by atoms with E-state index in [9.17, 15) is 19.8 Å². The number of aliphatic hydroxyl groups is 2. The lowest BCUT2D eigenvalue weighted by Crippen LogP contribution is -2.74. The summed E-state index contributed by atoms with van der Waals surface area (Å²) in [7, 11) is 2.02. The number of piperidine rings is 1. The first-order valence-electron chi connectivity index (χ1n) is 13.1. The van der Waals surface area contributed by atoms with Crippen molar-refractivity contribution in [2.24, 2.45) is 5.73 Å². The van der Waals surface area contributed by atoms with Crippen molar-refractivity contribution in [3.8, 4) is 5.75 Å². The van der Waals surface area contributed by atoms with Crippen molar-refractivity contribution in [2.45, 2.75) is 69.0 Å². The molecule has 4 N–H and O–H groups in total. The van der Waals surface area contributed by atoms with E-state index in [1.54, 1.807) is 36.4 Å². The molecule has 39 heavy (non-hydrogen) atoms. The minimum absolute atomic E-state index is 0. The van der Waals surface area contributed by atoms with Gasteiger partial charge in [-0.15, -0.1) is 0 Å². The van der Waals surface area contributed by atoms with E-state index in [-0.39, 0.29) is 45.2 Å². The highest BCUT2D eigenvalue weighted by Gasteiger charge is 2.72. The fourth-order valence-corrected chi connectivity index (χ4v) is 6.99. The van der Waals surface area contributed by atoms with Gasteiger partial charge < -0.3 is 35.1 Å². The van der Waals surface area contributed by atoms with Crippen molar-refractivity contribution in [2.75, 3.05) is 20.1 Å². The van der Waals surface area contributed by atoms with Crippen LogP contribution in [0, 0.1) is 0 Å². The number of likely N-dealkylation sites (tertiary alicyclic amines) is 1. The van der Waals surface area contributed by atoms with Crippen LogP contribution in [0.2, 0.25) is 0 Å². The Morgan fingerprint density at radius 1 is 1.23 bits per heavy atom. The Kier molecular flexibility index (Phi) is 7.05. The number of nitrogens with two attached hydrogens (primary N) is 1. The Bertz CT molecular complexity index is 1310. The Morgan fingerprint density at radius 3 is 2.72 bits per heavy atom. The summed E-state index contributed by atoms with van der Waals surface area (Å²) in [5.74, 6) is -0.505. The van der Waals surface area contributed by atoms with Gasteiger partial charge >= 0.3 is 11.9 Å². The van der Waals surface area contributed by atoms with E-state index in [0.29, 0.717) is 29.7 Å². The number of hydrogen-bond acceptors (Lipinski definition) is 9. The molecule has 1 fully saturated rings. The molecule has 9 heteroatoms. The summed E-state index contributed by atoms with van der Waals surface area (Å²) in [4.78, 5) is 28.1. The van der Waals surface area contributed by atoms with Gasteiger partial charge in [-0.2, -0.15) is 0 Å². The Morgan fingerprint density at radius 2 is 2.00 bits per heavy atom. The molecule has 1 spiro atoms. The first-order chi connectivity index (χ1) is 18.3. The standard InChI is InChI=1S/C29H32N2O7.CH4/c1-31-14-12-28-23-18-7-8-19(16-32)24(23)38-26(28)20(9-11-29(28,35)21(31)15-18)36-27(34)25(37-22(33)10-13-30)17-5-3-2-4-6-17;/h2-9,21,25-26,32,35H,10-16,30H2,1H3;1H4/t21-,25-,26+,28+,29-;/m1./s1. The highest BCUT2D eigenvalue weighted by molar-refractivity contribution is 5.82. The maximum absolute atomic E-state index is 13.6. The molecule has 5 atom stereocenters. The Labute approximate surface area is 228 Å². The molecule has 6 rings (SSSR count). The van der Waals surface area contributed by atoms with E-state index in [4.69, 9.17) is 19.9 Å². The van der Waals surface area contributed by atoms with Gasteiger partial charge in [-0.3, -0.25) is 4.79 Å². The van der Waals surface area contributed by atoms with Gasteiger partial charge in [-0.1, -0.05) is 49.9 Å². The van der Waals surface area contributed by atoms with Gasteiger partial charge in [0.25, 0.3) is 0 Å². The maximum Gasteiger partial charge on any atom is 0.357 e. The molecular weight excluding hydrogens is 500 g/mol. The van der Waals surface area contributed by atoms with E-state index < -0.39 is 35.2 Å². The molecule has 0 unspecified atom stereocenters. The van der Waals surface area contributed by atoms with E-state index in [1.807, 2.05) is 19.2 Å². The van der Waals surface area contributed by atoms with Crippen LogP contribution in [0.3, 0.4) is 0 Å². The van der Waals surface area contributed by atoms with Crippen LogP contribution in [0.1, 0.15) is 55.0 Å². The number of rotatable bonds is 7. The zero-order valence-corrected chi connectivity index (χ0v) is 21.3. The fraction of sp³-hybridized carbons (Fsp3) is 0.467. The molecule has 4 aliphatic rings. The van der Waals surface area contributed by atoms with Crippen LogP contribution in [0.25, 0.3) is 0 Å². The quantitative estimate of drug-likeness (QED) is 0.456. The Hall–Kier alpha value is -3.24. The third kappa shape index (κ3) is 3.90. The predicted molar refractivity (Wildman–Crippen MR) is 143 cm³/mol. The molecule has 0 radical (unpaired) electrons. The molecular formula is C30H36N2O7. The van der Waals surface area contributed by atoms with Gasteiger partial charge in [-0.25, -0.2) is 4.79 Å². The van der Waals surface area contributed by atoms with Crippen LogP contribution < -0.4 is 10.5 Å². The van der Waals surface area contributed by atoms with Crippen molar-refractivity contribution in [3.63, 3.8) is 0 Å². The number of aliphatic hydroxyl groups excluding tert-OH is 1. The third-order valence-corrected chi connectivity index (χ3v) is 8.76. The summed E-state index contributed by atoms with van der Waals surface area (Å²) in [6.07, 6.45) is 1.19.